The zero-order valence-corrected chi connectivity index (χ0v) is 14.0. The molecular formula is C19H25N3O2. The van der Waals surface area contributed by atoms with E-state index in [0.717, 1.165) is 51.6 Å². The summed E-state index contributed by atoms with van der Waals surface area (Å²) in [5, 5.41) is 0. The summed E-state index contributed by atoms with van der Waals surface area (Å²) >= 11 is 0. The highest BCUT2D eigenvalue weighted by atomic mass is 16.5. The molecule has 0 bridgehead atoms. The Bertz CT molecular complexity index is 611. The van der Waals surface area contributed by atoms with E-state index in [1.807, 2.05) is 24.5 Å². The van der Waals surface area contributed by atoms with Crippen molar-refractivity contribution in [3.05, 3.63) is 54.2 Å². The molecular weight excluding hydrogens is 302 g/mol. The van der Waals surface area contributed by atoms with Gasteiger partial charge in [-0.2, -0.15) is 0 Å². The van der Waals surface area contributed by atoms with Gasteiger partial charge < -0.3 is 9.15 Å². The fourth-order valence-electron chi connectivity index (χ4n) is 4.06. The SMILES string of the molecule is c1cncc(C[C@@H]2[C@H](N3CCOCC3)CCN2Cc2ccco2)c1. The summed E-state index contributed by atoms with van der Waals surface area (Å²) in [5.41, 5.74) is 1.31. The Kier molecular flexibility index (Phi) is 4.92. The van der Waals surface area contributed by atoms with Gasteiger partial charge in [0.2, 0.25) is 0 Å². The lowest BCUT2D eigenvalue weighted by Crippen LogP contribution is -2.50. The highest BCUT2D eigenvalue weighted by molar-refractivity contribution is 5.13. The van der Waals surface area contributed by atoms with Crippen LogP contribution in [0.2, 0.25) is 0 Å². The van der Waals surface area contributed by atoms with Gasteiger partial charge in [-0.25, -0.2) is 0 Å². The summed E-state index contributed by atoms with van der Waals surface area (Å²) in [6.45, 7) is 5.81. The molecule has 2 fully saturated rings. The highest BCUT2D eigenvalue weighted by Gasteiger charge is 2.38. The summed E-state index contributed by atoms with van der Waals surface area (Å²) in [4.78, 5) is 9.49. The molecule has 2 saturated heterocycles. The molecule has 4 rings (SSSR count). The van der Waals surface area contributed by atoms with Crippen molar-refractivity contribution in [2.24, 2.45) is 0 Å². The fourth-order valence-corrected chi connectivity index (χ4v) is 4.06. The van der Waals surface area contributed by atoms with Gasteiger partial charge in [-0.3, -0.25) is 14.8 Å². The number of hydrogen-bond donors (Lipinski definition) is 0. The number of hydrogen-bond acceptors (Lipinski definition) is 5. The van der Waals surface area contributed by atoms with Gasteiger partial charge in [0.1, 0.15) is 5.76 Å². The van der Waals surface area contributed by atoms with Gasteiger partial charge in [-0.1, -0.05) is 6.07 Å². The van der Waals surface area contributed by atoms with Crippen LogP contribution in [-0.2, 0) is 17.7 Å². The van der Waals surface area contributed by atoms with Crippen LogP contribution in [0.25, 0.3) is 0 Å². The molecule has 5 nitrogen and oxygen atoms in total. The molecule has 2 aromatic rings. The van der Waals surface area contributed by atoms with Crippen LogP contribution in [0.5, 0.6) is 0 Å². The monoisotopic (exact) mass is 327 g/mol. The van der Waals surface area contributed by atoms with Gasteiger partial charge in [0, 0.05) is 44.1 Å². The molecule has 0 aromatic carbocycles. The first-order valence-corrected chi connectivity index (χ1v) is 8.87. The number of pyridine rings is 1. The third kappa shape index (κ3) is 3.53. The van der Waals surface area contributed by atoms with E-state index in [-0.39, 0.29) is 0 Å². The van der Waals surface area contributed by atoms with Crippen molar-refractivity contribution in [3.8, 4) is 0 Å². The normalized spacial score (nSPS) is 26.0. The topological polar surface area (TPSA) is 41.7 Å². The molecule has 2 atom stereocenters. The summed E-state index contributed by atoms with van der Waals surface area (Å²) in [6.07, 6.45) is 7.86. The standard InChI is InChI=1S/C19H25N3O2/c1-3-16(14-20-6-1)13-19-18(21-8-11-23-12-9-21)5-7-22(19)15-17-4-2-10-24-17/h1-4,6,10,14,18-19H,5,7-9,11-13,15H2/t18-,19-/m1/s1. The zero-order valence-electron chi connectivity index (χ0n) is 14.0. The molecule has 24 heavy (non-hydrogen) atoms. The minimum absolute atomic E-state index is 0.498. The Labute approximate surface area is 143 Å². The van der Waals surface area contributed by atoms with Gasteiger partial charge in [0.15, 0.2) is 0 Å². The van der Waals surface area contributed by atoms with Crippen LogP contribution in [0.15, 0.2) is 47.3 Å². The Morgan fingerprint density at radius 3 is 2.79 bits per heavy atom. The van der Waals surface area contributed by atoms with Crippen LogP contribution < -0.4 is 0 Å². The molecule has 2 aliphatic heterocycles. The van der Waals surface area contributed by atoms with E-state index in [1.165, 1.54) is 12.0 Å². The van der Waals surface area contributed by atoms with Crippen LogP contribution in [0.1, 0.15) is 17.7 Å². The van der Waals surface area contributed by atoms with Crippen molar-refractivity contribution >= 4 is 0 Å². The van der Waals surface area contributed by atoms with Gasteiger partial charge in [0.05, 0.1) is 26.0 Å². The van der Waals surface area contributed by atoms with Gasteiger partial charge in [-0.05, 0) is 36.6 Å². The second-order valence-corrected chi connectivity index (χ2v) is 6.69. The third-order valence-electron chi connectivity index (χ3n) is 5.25. The number of nitrogens with zero attached hydrogens (tertiary/aromatic N) is 3. The van der Waals surface area contributed by atoms with Crippen molar-refractivity contribution in [1.82, 2.24) is 14.8 Å². The van der Waals surface area contributed by atoms with E-state index in [9.17, 15) is 0 Å². The lowest BCUT2D eigenvalue weighted by molar-refractivity contribution is 0.00755. The van der Waals surface area contributed by atoms with Crippen molar-refractivity contribution in [3.63, 3.8) is 0 Å². The maximum atomic E-state index is 5.59. The Hall–Kier alpha value is -1.69. The largest absolute Gasteiger partial charge is 0.468 e. The molecule has 0 aliphatic carbocycles. The van der Waals surface area contributed by atoms with Crippen molar-refractivity contribution in [1.29, 1.82) is 0 Å². The molecule has 2 aromatic heterocycles. The summed E-state index contributed by atoms with van der Waals surface area (Å²) in [7, 11) is 0. The molecule has 0 spiro atoms. The first-order valence-electron chi connectivity index (χ1n) is 8.87. The van der Waals surface area contributed by atoms with Crippen molar-refractivity contribution < 1.29 is 9.15 Å². The van der Waals surface area contributed by atoms with Crippen LogP contribution in [0.4, 0.5) is 0 Å². The van der Waals surface area contributed by atoms with Crippen LogP contribution in [0.3, 0.4) is 0 Å². The number of rotatable bonds is 5. The maximum absolute atomic E-state index is 5.59. The average Bonchev–Trinajstić information content (AvgIpc) is 3.28. The fraction of sp³-hybridized carbons (Fsp3) is 0.526. The van der Waals surface area contributed by atoms with Gasteiger partial charge in [0.25, 0.3) is 0 Å². The maximum Gasteiger partial charge on any atom is 0.117 e. The number of aromatic nitrogens is 1. The van der Waals surface area contributed by atoms with E-state index in [2.05, 4.69) is 26.9 Å². The first kappa shape index (κ1) is 15.8. The van der Waals surface area contributed by atoms with Gasteiger partial charge >= 0.3 is 0 Å². The minimum atomic E-state index is 0.498. The average molecular weight is 327 g/mol. The number of morpholine rings is 1. The molecule has 0 N–H and O–H groups in total. The highest BCUT2D eigenvalue weighted by Crippen LogP contribution is 2.28. The molecule has 0 saturated carbocycles. The van der Waals surface area contributed by atoms with E-state index in [1.54, 1.807) is 6.26 Å². The van der Waals surface area contributed by atoms with Crippen molar-refractivity contribution in [2.75, 3.05) is 32.8 Å². The summed E-state index contributed by atoms with van der Waals surface area (Å²) in [6, 6.07) is 9.35. The molecule has 2 aliphatic rings. The summed E-state index contributed by atoms with van der Waals surface area (Å²) < 4.78 is 11.1. The number of likely N-dealkylation sites (tertiary alicyclic amines) is 1. The lowest BCUT2D eigenvalue weighted by Gasteiger charge is -2.37. The molecule has 5 heteroatoms. The predicted octanol–water partition coefficient (Wildman–Crippen LogP) is 2.19. The minimum Gasteiger partial charge on any atom is -0.468 e. The molecule has 0 unspecified atom stereocenters. The Morgan fingerprint density at radius 2 is 2.04 bits per heavy atom. The van der Waals surface area contributed by atoms with Crippen molar-refractivity contribution in [2.45, 2.75) is 31.5 Å². The Morgan fingerprint density at radius 1 is 1.12 bits per heavy atom. The molecule has 0 amide bonds. The first-order chi connectivity index (χ1) is 11.9. The zero-order chi connectivity index (χ0) is 16.2. The van der Waals surface area contributed by atoms with E-state index >= 15 is 0 Å². The predicted molar refractivity (Wildman–Crippen MR) is 91.6 cm³/mol. The lowest BCUT2D eigenvalue weighted by atomic mass is 9.99. The van der Waals surface area contributed by atoms with E-state index in [0.29, 0.717) is 12.1 Å². The number of furan rings is 1. The molecule has 128 valence electrons. The summed E-state index contributed by atoms with van der Waals surface area (Å²) in [5.74, 6) is 1.05. The van der Waals surface area contributed by atoms with Crippen LogP contribution in [-0.4, -0.2) is 59.7 Å². The van der Waals surface area contributed by atoms with Crippen LogP contribution >= 0.6 is 0 Å². The third-order valence-corrected chi connectivity index (χ3v) is 5.25. The second kappa shape index (κ2) is 7.47. The quantitative estimate of drug-likeness (QED) is 0.842. The smallest absolute Gasteiger partial charge is 0.117 e. The Balaban J connectivity index is 1.52. The van der Waals surface area contributed by atoms with Crippen LogP contribution in [0, 0.1) is 0 Å². The number of ether oxygens (including phenoxy) is 1. The van der Waals surface area contributed by atoms with Gasteiger partial charge in [-0.15, -0.1) is 0 Å². The van der Waals surface area contributed by atoms with E-state index in [4.69, 9.17) is 9.15 Å². The molecule has 0 radical (unpaired) electrons. The second-order valence-electron chi connectivity index (χ2n) is 6.69. The molecule has 4 heterocycles. The van der Waals surface area contributed by atoms with E-state index < -0.39 is 0 Å².